The van der Waals surface area contributed by atoms with Crippen LogP contribution in [0.1, 0.15) is 5.56 Å². The second kappa shape index (κ2) is 6.54. The van der Waals surface area contributed by atoms with Crippen molar-refractivity contribution < 1.29 is 0 Å². The molecule has 25 heavy (non-hydrogen) atoms. The molecular formula is C21H16ClN3. The van der Waals surface area contributed by atoms with Gasteiger partial charge in [-0.1, -0.05) is 48.0 Å². The van der Waals surface area contributed by atoms with Gasteiger partial charge in [-0.05, 0) is 36.8 Å². The average Bonchev–Trinajstić information content (AvgIpc) is 3.08. The molecule has 4 aromatic rings. The maximum absolute atomic E-state index is 6.04. The molecule has 122 valence electrons. The average molecular weight is 346 g/mol. The number of halogens is 1. The Morgan fingerprint density at radius 1 is 0.840 bits per heavy atom. The summed E-state index contributed by atoms with van der Waals surface area (Å²) < 4.78 is 0. The first kappa shape index (κ1) is 15.6. The summed E-state index contributed by atoms with van der Waals surface area (Å²) in [7, 11) is 0. The Hall–Kier alpha value is -2.91. The van der Waals surface area contributed by atoms with Gasteiger partial charge in [-0.2, -0.15) is 0 Å². The molecule has 3 nitrogen and oxygen atoms in total. The summed E-state index contributed by atoms with van der Waals surface area (Å²) in [5, 5.41) is 0.712. The quantitative estimate of drug-likeness (QED) is 0.512. The standard InChI is InChI=1S/C21H16ClN3/c1-14-4-2-3-5-18(14)21-24-19(15-6-8-17(22)9-7-15)20(25-21)16-10-12-23-13-11-16/h2-13H,1H3,(H,24,25). The molecule has 0 unspecified atom stereocenters. The molecule has 4 rings (SSSR count). The minimum absolute atomic E-state index is 0.712. The molecule has 2 aromatic carbocycles. The van der Waals surface area contributed by atoms with Crippen molar-refractivity contribution in [3.8, 4) is 33.9 Å². The topological polar surface area (TPSA) is 41.6 Å². The molecule has 0 aliphatic carbocycles. The number of rotatable bonds is 3. The molecule has 0 fully saturated rings. The Morgan fingerprint density at radius 2 is 1.56 bits per heavy atom. The molecule has 2 aromatic heterocycles. The number of nitrogens with one attached hydrogen (secondary N) is 1. The number of nitrogens with zero attached hydrogens (tertiary/aromatic N) is 2. The van der Waals surface area contributed by atoms with Crippen molar-refractivity contribution in [1.29, 1.82) is 0 Å². The van der Waals surface area contributed by atoms with Crippen LogP contribution in [0.25, 0.3) is 33.9 Å². The van der Waals surface area contributed by atoms with E-state index in [-0.39, 0.29) is 0 Å². The number of hydrogen-bond acceptors (Lipinski definition) is 2. The van der Waals surface area contributed by atoms with Gasteiger partial charge in [0.2, 0.25) is 0 Å². The number of aromatic nitrogens is 3. The molecule has 0 radical (unpaired) electrons. The van der Waals surface area contributed by atoms with Gasteiger partial charge in [0.05, 0.1) is 11.4 Å². The molecule has 0 spiro atoms. The van der Waals surface area contributed by atoms with E-state index in [1.165, 1.54) is 5.56 Å². The smallest absolute Gasteiger partial charge is 0.138 e. The molecular weight excluding hydrogens is 330 g/mol. The van der Waals surface area contributed by atoms with Crippen molar-refractivity contribution in [2.75, 3.05) is 0 Å². The summed E-state index contributed by atoms with van der Waals surface area (Å²) in [6, 6.07) is 19.9. The van der Waals surface area contributed by atoms with Crippen molar-refractivity contribution in [2.24, 2.45) is 0 Å². The molecule has 0 aliphatic heterocycles. The maximum Gasteiger partial charge on any atom is 0.138 e. The van der Waals surface area contributed by atoms with Gasteiger partial charge in [0.25, 0.3) is 0 Å². The lowest BCUT2D eigenvalue weighted by Crippen LogP contribution is -1.84. The highest BCUT2D eigenvalue weighted by molar-refractivity contribution is 6.30. The lowest BCUT2D eigenvalue weighted by Gasteiger charge is -2.03. The summed E-state index contributed by atoms with van der Waals surface area (Å²) >= 11 is 6.04. The van der Waals surface area contributed by atoms with Crippen LogP contribution in [0.5, 0.6) is 0 Å². The third kappa shape index (κ3) is 3.06. The fourth-order valence-corrected chi connectivity index (χ4v) is 3.01. The summed E-state index contributed by atoms with van der Waals surface area (Å²) in [5.74, 6) is 0.856. The number of hydrogen-bond donors (Lipinski definition) is 1. The van der Waals surface area contributed by atoms with Crippen LogP contribution in [-0.2, 0) is 0 Å². The molecule has 0 atom stereocenters. The second-order valence-corrected chi connectivity index (χ2v) is 6.30. The van der Waals surface area contributed by atoms with Gasteiger partial charge in [0, 0.05) is 34.1 Å². The fourth-order valence-electron chi connectivity index (χ4n) is 2.88. The Kier molecular flexibility index (Phi) is 4.08. The van der Waals surface area contributed by atoms with Crippen molar-refractivity contribution in [3.05, 3.63) is 83.6 Å². The molecule has 0 saturated carbocycles. The lowest BCUT2D eigenvalue weighted by molar-refractivity contribution is 1.28. The van der Waals surface area contributed by atoms with Crippen LogP contribution in [0.15, 0.2) is 73.1 Å². The van der Waals surface area contributed by atoms with Gasteiger partial charge in [-0.15, -0.1) is 0 Å². The Balaban J connectivity index is 1.92. The van der Waals surface area contributed by atoms with E-state index in [9.17, 15) is 0 Å². The van der Waals surface area contributed by atoms with Crippen LogP contribution < -0.4 is 0 Å². The zero-order valence-electron chi connectivity index (χ0n) is 13.7. The largest absolute Gasteiger partial charge is 0.337 e. The molecule has 2 heterocycles. The normalized spacial score (nSPS) is 10.8. The maximum atomic E-state index is 6.04. The van der Waals surface area contributed by atoms with Crippen molar-refractivity contribution in [1.82, 2.24) is 15.0 Å². The van der Waals surface area contributed by atoms with E-state index in [4.69, 9.17) is 16.6 Å². The van der Waals surface area contributed by atoms with E-state index >= 15 is 0 Å². The van der Waals surface area contributed by atoms with Crippen LogP contribution >= 0.6 is 11.6 Å². The first-order valence-electron chi connectivity index (χ1n) is 8.05. The van der Waals surface area contributed by atoms with Crippen LogP contribution in [-0.4, -0.2) is 15.0 Å². The first-order valence-corrected chi connectivity index (χ1v) is 8.42. The number of imidazole rings is 1. The molecule has 0 saturated heterocycles. The number of aryl methyl sites for hydroxylation is 1. The Bertz CT molecular complexity index is 1010. The Morgan fingerprint density at radius 3 is 2.28 bits per heavy atom. The predicted octanol–water partition coefficient (Wildman–Crippen LogP) is 5.77. The van der Waals surface area contributed by atoms with Gasteiger partial charge in [-0.3, -0.25) is 4.98 Å². The van der Waals surface area contributed by atoms with Crippen LogP contribution in [0.4, 0.5) is 0 Å². The third-order valence-electron chi connectivity index (χ3n) is 4.19. The first-order chi connectivity index (χ1) is 12.2. The predicted molar refractivity (Wildman–Crippen MR) is 102 cm³/mol. The van der Waals surface area contributed by atoms with Gasteiger partial charge < -0.3 is 4.98 Å². The highest BCUT2D eigenvalue weighted by atomic mass is 35.5. The number of pyridine rings is 1. The minimum Gasteiger partial charge on any atom is -0.337 e. The van der Waals surface area contributed by atoms with Crippen LogP contribution in [0, 0.1) is 6.92 Å². The molecule has 0 aliphatic rings. The SMILES string of the molecule is Cc1ccccc1-c1nc(-c2ccc(Cl)cc2)c(-c2ccncc2)[nH]1. The highest BCUT2D eigenvalue weighted by Gasteiger charge is 2.16. The second-order valence-electron chi connectivity index (χ2n) is 5.87. The van der Waals surface area contributed by atoms with Crippen molar-refractivity contribution >= 4 is 11.6 Å². The number of benzene rings is 2. The zero-order valence-corrected chi connectivity index (χ0v) is 14.5. The lowest BCUT2D eigenvalue weighted by atomic mass is 10.1. The van der Waals surface area contributed by atoms with Crippen molar-refractivity contribution in [2.45, 2.75) is 6.92 Å². The summed E-state index contributed by atoms with van der Waals surface area (Å²) in [6.45, 7) is 2.09. The van der Waals surface area contributed by atoms with E-state index in [0.717, 1.165) is 33.9 Å². The van der Waals surface area contributed by atoms with E-state index in [1.54, 1.807) is 12.4 Å². The summed E-state index contributed by atoms with van der Waals surface area (Å²) in [5.41, 5.74) is 6.22. The summed E-state index contributed by atoms with van der Waals surface area (Å²) in [6.07, 6.45) is 3.57. The zero-order chi connectivity index (χ0) is 17.2. The molecule has 1 N–H and O–H groups in total. The minimum atomic E-state index is 0.712. The van der Waals surface area contributed by atoms with E-state index in [1.807, 2.05) is 48.5 Å². The van der Waals surface area contributed by atoms with Gasteiger partial charge in [0.15, 0.2) is 0 Å². The third-order valence-corrected chi connectivity index (χ3v) is 4.44. The highest BCUT2D eigenvalue weighted by Crippen LogP contribution is 2.34. The summed E-state index contributed by atoms with van der Waals surface area (Å²) in [4.78, 5) is 12.5. The van der Waals surface area contributed by atoms with Crippen molar-refractivity contribution in [3.63, 3.8) is 0 Å². The van der Waals surface area contributed by atoms with E-state index < -0.39 is 0 Å². The molecule has 0 bridgehead atoms. The van der Waals surface area contributed by atoms with Gasteiger partial charge >= 0.3 is 0 Å². The number of aromatic amines is 1. The van der Waals surface area contributed by atoms with Gasteiger partial charge in [-0.25, -0.2) is 4.98 Å². The van der Waals surface area contributed by atoms with E-state index in [0.29, 0.717) is 5.02 Å². The van der Waals surface area contributed by atoms with Crippen LogP contribution in [0.3, 0.4) is 0 Å². The van der Waals surface area contributed by atoms with E-state index in [2.05, 4.69) is 29.0 Å². The monoisotopic (exact) mass is 345 g/mol. The molecule has 4 heteroatoms. The van der Waals surface area contributed by atoms with Gasteiger partial charge in [0.1, 0.15) is 5.82 Å². The van der Waals surface area contributed by atoms with Crippen LogP contribution in [0.2, 0.25) is 5.02 Å². The number of H-pyrrole nitrogens is 1. The fraction of sp³-hybridized carbons (Fsp3) is 0.0476. The Labute approximate surface area is 151 Å². The molecule has 0 amide bonds.